The lowest BCUT2D eigenvalue weighted by atomic mass is 9.37. The van der Waals surface area contributed by atoms with E-state index in [2.05, 4.69) is 17.2 Å². The van der Waals surface area contributed by atoms with E-state index in [4.69, 9.17) is 4.74 Å². The molecule has 1 unspecified atom stereocenters. The molecule has 5 fully saturated rings. The van der Waals surface area contributed by atoms with Gasteiger partial charge in [0.25, 0.3) is 0 Å². The zero-order chi connectivity index (χ0) is 23.9. The molecule has 35 heavy (non-hydrogen) atoms. The van der Waals surface area contributed by atoms with Crippen LogP contribution in [0.5, 0.6) is 5.75 Å². The largest absolute Gasteiger partial charge is 0.490 e. The molecule has 5 atom stereocenters. The van der Waals surface area contributed by atoms with E-state index in [0.717, 1.165) is 37.6 Å². The molecular formula is C29H28F2N2O2. The molecule has 8 rings (SSSR count). The second-order valence-electron chi connectivity index (χ2n) is 11.5. The number of benzene rings is 2. The highest BCUT2D eigenvalue weighted by Crippen LogP contribution is 2.68. The number of carbonyl (C=O) groups is 1. The minimum Gasteiger partial charge on any atom is -0.490 e. The van der Waals surface area contributed by atoms with E-state index in [9.17, 15) is 13.6 Å². The van der Waals surface area contributed by atoms with Gasteiger partial charge >= 0.3 is 0 Å². The average molecular weight is 475 g/mol. The van der Waals surface area contributed by atoms with Gasteiger partial charge in [0, 0.05) is 28.5 Å². The van der Waals surface area contributed by atoms with Gasteiger partial charge in [0.15, 0.2) is 0 Å². The fourth-order valence-electron chi connectivity index (χ4n) is 7.64. The maximum Gasteiger partial charge on any atom is 0.223 e. The SMILES string of the molecule is CC(C(=O)NC12CC(c3ccc(F)cc3)(C1)C2)[C@@H]1[C@@H]2C[C@@H](Oc3ccnc4ccc(F)cc34)C[C@@H]21. The van der Waals surface area contributed by atoms with Crippen LogP contribution in [0, 0.1) is 35.3 Å². The van der Waals surface area contributed by atoms with Crippen molar-refractivity contribution in [1.82, 2.24) is 10.3 Å². The monoisotopic (exact) mass is 474 g/mol. The minimum absolute atomic E-state index is 0.00222. The molecule has 6 heteroatoms. The molecule has 4 nitrogen and oxygen atoms in total. The Hall–Kier alpha value is -3.02. The van der Waals surface area contributed by atoms with Gasteiger partial charge in [-0.1, -0.05) is 19.1 Å². The Bertz CT molecular complexity index is 1310. The number of amides is 1. The van der Waals surface area contributed by atoms with Crippen molar-refractivity contribution in [2.24, 2.45) is 23.7 Å². The molecule has 1 heterocycles. The summed E-state index contributed by atoms with van der Waals surface area (Å²) in [6.45, 7) is 2.06. The smallest absolute Gasteiger partial charge is 0.223 e. The van der Waals surface area contributed by atoms with Crippen LogP contribution >= 0.6 is 0 Å². The van der Waals surface area contributed by atoms with Crippen LogP contribution in [0.15, 0.2) is 54.7 Å². The van der Waals surface area contributed by atoms with Crippen LogP contribution in [0.1, 0.15) is 44.6 Å². The van der Waals surface area contributed by atoms with Gasteiger partial charge in [0.2, 0.25) is 5.91 Å². The summed E-state index contributed by atoms with van der Waals surface area (Å²) in [5.41, 5.74) is 1.98. The molecule has 2 bridgehead atoms. The second-order valence-corrected chi connectivity index (χ2v) is 11.5. The Balaban J connectivity index is 0.936. The third-order valence-corrected chi connectivity index (χ3v) is 9.29. The number of hydrogen-bond donors (Lipinski definition) is 1. The first kappa shape index (κ1) is 21.3. The average Bonchev–Trinajstić information content (AvgIpc) is 3.30. The van der Waals surface area contributed by atoms with E-state index in [1.54, 1.807) is 12.3 Å². The highest BCUT2D eigenvalue weighted by Gasteiger charge is 2.69. The lowest BCUT2D eigenvalue weighted by molar-refractivity contribution is -0.142. The van der Waals surface area contributed by atoms with Crippen molar-refractivity contribution in [3.05, 3.63) is 71.9 Å². The predicted molar refractivity (Wildman–Crippen MR) is 128 cm³/mol. The third-order valence-electron chi connectivity index (χ3n) is 9.29. The number of hydrogen-bond acceptors (Lipinski definition) is 3. The number of halogens is 2. The van der Waals surface area contributed by atoms with Gasteiger partial charge in [-0.3, -0.25) is 9.78 Å². The lowest BCUT2D eigenvalue weighted by Gasteiger charge is -2.71. The molecule has 5 aliphatic carbocycles. The Morgan fingerprint density at radius 1 is 1.03 bits per heavy atom. The van der Waals surface area contributed by atoms with Crippen LogP contribution in [-0.4, -0.2) is 22.5 Å². The van der Waals surface area contributed by atoms with E-state index in [1.165, 1.54) is 29.8 Å². The molecule has 5 aliphatic rings. The Kier molecular flexibility index (Phi) is 4.41. The zero-order valence-corrected chi connectivity index (χ0v) is 19.6. The molecule has 1 N–H and O–H groups in total. The van der Waals surface area contributed by atoms with Gasteiger partial charge in [0.1, 0.15) is 17.4 Å². The van der Waals surface area contributed by atoms with E-state index in [-0.39, 0.29) is 40.5 Å². The maximum atomic E-state index is 13.8. The highest BCUT2D eigenvalue weighted by molar-refractivity contribution is 5.84. The molecular weight excluding hydrogens is 446 g/mol. The van der Waals surface area contributed by atoms with Crippen LogP contribution in [-0.2, 0) is 10.2 Å². The molecule has 3 aromatic rings. The number of fused-ring (bicyclic) bond motifs is 2. The number of nitrogens with zero attached hydrogens (tertiary/aromatic N) is 1. The zero-order valence-electron chi connectivity index (χ0n) is 19.6. The summed E-state index contributed by atoms with van der Waals surface area (Å²) >= 11 is 0. The highest BCUT2D eigenvalue weighted by atomic mass is 19.1. The van der Waals surface area contributed by atoms with Gasteiger partial charge in [-0.25, -0.2) is 8.78 Å². The summed E-state index contributed by atoms with van der Waals surface area (Å²) in [5, 5.41) is 4.07. The Morgan fingerprint density at radius 2 is 1.71 bits per heavy atom. The first-order valence-corrected chi connectivity index (χ1v) is 12.6. The Labute approximate surface area is 203 Å². The third kappa shape index (κ3) is 3.29. The second kappa shape index (κ2) is 7.25. The molecule has 0 spiro atoms. The minimum atomic E-state index is -0.295. The number of nitrogens with one attached hydrogen (secondary N) is 1. The molecule has 180 valence electrons. The number of pyridine rings is 1. The quantitative estimate of drug-likeness (QED) is 0.510. The lowest BCUT2D eigenvalue weighted by Crippen LogP contribution is -2.77. The summed E-state index contributed by atoms with van der Waals surface area (Å²) in [6.07, 6.45) is 6.54. The number of carbonyl (C=O) groups excluding carboxylic acids is 1. The van der Waals surface area contributed by atoms with Crippen LogP contribution in [0.4, 0.5) is 8.78 Å². The first-order valence-electron chi connectivity index (χ1n) is 12.6. The van der Waals surface area contributed by atoms with Gasteiger partial charge < -0.3 is 10.1 Å². The van der Waals surface area contributed by atoms with Crippen molar-refractivity contribution in [1.29, 1.82) is 0 Å². The summed E-state index contributed by atoms with van der Waals surface area (Å²) in [5.74, 6) is 1.80. The van der Waals surface area contributed by atoms with Crippen molar-refractivity contribution >= 4 is 16.8 Å². The van der Waals surface area contributed by atoms with Crippen molar-refractivity contribution < 1.29 is 18.3 Å². The maximum absolute atomic E-state index is 13.8. The summed E-state index contributed by atoms with van der Waals surface area (Å²) < 4.78 is 33.3. The number of ether oxygens (including phenoxy) is 1. The molecule has 1 amide bonds. The van der Waals surface area contributed by atoms with E-state index in [0.29, 0.717) is 28.9 Å². The van der Waals surface area contributed by atoms with Crippen molar-refractivity contribution in [3.8, 4) is 5.75 Å². The first-order chi connectivity index (χ1) is 16.8. The van der Waals surface area contributed by atoms with Crippen molar-refractivity contribution in [2.75, 3.05) is 0 Å². The van der Waals surface area contributed by atoms with Crippen molar-refractivity contribution in [2.45, 2.75) is 56.1 Å². The van der Waals surface area contributed by atoms with Crippen LogP contribution in [0.2, 0.25) is 0 Å². The Morgan fingerprint density at radius 3 is 2.43 bits per heavy atom. The number of rotatable bonds is 6. The number of aromatic nitrogens is 1. The van der Waals surface area contributed by atoms with E-state index in [1.807, 2.05) is 18.2 Å². The summed E-state index contributed by atoms with van der Waals surface area (Å²) in [6, 6.07) is 13.2. The molecule has 0 aliphatic heterocycles. The predicted octanol–water partition coefficient (Wildman–Crippen LogP) is 5.54. The van der Waals surface area contributed by atoms with Crippen molar-refractivity contribution in [3.63, 3.8) is 0 Å². The fraction of sp³-hybridized carbons (Fsp3) is 0.448. The fourth-order valence-corrected chi connectivity index (χ4v) is 7.64. The van der Waals surface area contributed by atoms with E-state index >= 15 is 0 Å². The van der Waals surface area contributed by atoms with Crippen LogP contribution in [0.25, 0.3) is 10.9 Å². The topological polar surface area (TPSA) is 51.2 Å². The molecule has 1 aromatic heterocycles. The summed E-state index contributed by atoms with van der Waals surface area (Å²) in [4.78, 5) is 17.4. The van der Waals surface area contributed by atoms with Crippen LogP contribution in [0.3, 0.4) is 0 Å². The summed E-state index contributed by atoms with van der Waals surface area (Å²) in [7, 11) is 0. The molecule has 5 saturated carbocycles. The van der Waals surface area contributed by atoms with Gasteiger partial charge in [-0.15, -0.1) is 0 Å². The van der Waals surface area contributed by atoms with Gasteiger partial charge in [-0.05, 0) is 91.8 Å². The van der Waals surface area contributed by atoms with Gasteiger partial charge in [-0.2, -0.15) is 0 Å². The van der Waals surface area contributed by atoms with E-state index < -0.39 is 0 Å². The normalized spacial score (nSPS) is 34.9. The molecule has 2 aromatic carbocycles. The standard InChI is InChI=1S/C29H28F2N2O2/c1-16(27(34)33-29-13-28(14-29,15-29)17-2-4-18(30)5-3-17)26-21-11-20(12-22(21)26)35-25-8-9-32-24-7-6-19(31)10-23(24)25/h2-10,16,20-22,26H,11-15H2,1H3,(H,33,34)/t16?,20-,21-,22+,26-,28?,29?. The van der Waals surface area contributed by atoms with Crippen LogP contribution < -0.4 is 10.1 Å². The molecule has 0 radical (unpaired) electrons. The molecule has 0 saturated heterocycles. The van der Waals surface area contributed by atoms with Gasteiger partial charge in [0.05, 0.1) is 11.6 Å².